The molecule has 0 spiro atoms. The first-order valence-corrected chi connectivity index (χ1v) is 6.22. The van der Waals surface area contributed by atoms with Gasteiger partial charge in [-0.15, -0.1) is 0 Å². The van der Waals surface area contributed by atoms with E-state index in [0.717, 1.165) is 25.9 Å². The van der Waals surface area contributed by atoms with Crippen LogP contribution in [0.3, 0.4) is 0 Å². The lowest BCUT2D eigenvalue weighted by atomic mass is 10.0. The monoisotopic (exact) mass is 232 g/mol. The van der Waals surface area contributed by atoms with Gasteiger partial charge in [0.2, 0.25) is 5.91 Å². The van der Waals surface area contributed by atoms with Gasteiger partial charge in [0, 0.05) is 38.8 Å². The summed E-state index contributed by atoms with van der Waals surface area (Å²) < 4.78 is 0. The molecular weight excluding hydrogens is 212 g/mol. The number of anilines is 1. The van der Waals surface area contributed by atoms with Gasteiger partial charge in [0.05, 0.1) is 0 Å². The van der Waals surface area contributed by atoms with Crippen LogP contribution in [0.5, 0.6) is 0 Å². The van der Waals surface area contributed by atoms with E-state index in [1.165, 1.54) is 5.69 Å². The van der Waals surface area contributed by atoms with E-state index < -0.39 is 0 Å². The van der Waals surface area contributed by atoms with E-state index in [2.05, 4.69) is 36.2 Å². The van der Waals surface area contributed by atoms with E-state index in [-0.39, 0.29) is 5.91 Å². The molecule has 0 N–H and O–H groups in total. The molecule has 0 atom stereocenters. The highest BCUT2D eigenvalue weighted by molar-refractivity contribution is 5.73. The molecule has 1 aromatic carbocycles. The van der Waals surface area contributed by atoms with E-state index in [4.69, 9.17) is 0 Å². The summed E-state index contributed by atoms with van der Waals surface area (Å²) in [6, 6.07) is 11.0. The summed E-state index contributed by atoms with van der Waals surface area (Å²) in [6.45, 7) is 3.43. The number of likely N-dealkylation sites (tertiary alicyclic amines) is 1. The van der Waals surface area contributed by atoms with E-state index in [0.29, 0.717) is 6.04 Å². The highest BCUT2D eigenvalue weighted by Crippen LogP contribution is 2.21. The van der Waals surface area contributed by atoms with Crippen molar-refractivity contribution in [1.82, 2.24) is 4.90 Å². The molecule has 1 heterocycles. The van der Waals surface area contributed by atoms with Crippen molar-refractivity contribution in [2.24, 2.45) is 0 Å². The van der Waals surface area contributed by atoms with Gasteiger partial charge in [-0.05, 0) is 25.0 Å². The van der Waals surface area contributed by atoms with Gasteiger partial charge in [0.25, 0.3) is 0 Å². The molecule has 0 aliphatic carbocycles. The van der Waals surface area contributed by atoms with Crippen molar-refractivity contribution in [1.29, 1.82) is 0 Å². The third-order valence-electron chi connectivity index (χ3n) is 3.62. The topological polar surface area (TPSA) is 23.6 Å². The Morgan fingerprint density at radius 2 is 1.82 bits per heavy atom. The molecule has 1 aliphatic rings. The van der Waals surface area contributed by atoms with Gasteiger partial charge in [-0.25, -0.2) is 0 Å². The predicted octanol–water partition coefficient (Wildman–Crippen LogP) is 2.13. The van der Waals surface area contributed by atoms with Gasteiger partial charge in [-0.3, -0.25) is 4.79 Å². The number of para-hydroxylation sites is 1. The molecule has 1 amide bonds. The second-order valence-corrected chi connectivity index (χ2v) is 4.68. The molecule has 0 saturated carbocycles. The van der Waals surface area contributed by atoms with Gasteiger partial charge in [0.15, 0.2) is 0 Å². The zero-order valence-electron chi connectivity index (χ0n) is 10.6. The Balaban J connectivity index is 1.95. The molecule has 0 radical (unpaired) electrons. The number of nitrogens with zero attached hydrogens (tertiary/aromatic N) is 2. The lowest BCUT2D eigenvalue weighted by Crippen LogP contribution is -2.45. The van der Waals surface area contributed by atoms with Crippen LogP contribution in [0, 0.1) is 0 Å². The minimum atomic E-state index is 0.200. The summed E-state index contributed by atoms with van der Waals surface area (Å²) in [5, 5.41) is 0. The van der Waals surface area contributed by atoms with Crippen molar-refractivity contribution in [3.63, 3.8) is 0 Å². The number of hydrogen-bond acceptors (Lipinski definition) is 2. The number of benzene rings is 1. The number of piperidine rings is 1. The van der Waals surface area contributed by atoms with Gasteiger partial charge in [-0.1, -0.05) is 18.2 Å². The molecule has 0 unspecified atom stereocenters. The number of carbonyl (C=O) groups excluding carboxylic acids is 1. The van der Waals surface area contributed by atoms with E-state index in [9.17, 15) is 4.79 Å². The first-order chi connectivity index (χ1) is 8.18. The van der Waals surface area contributed by atoms with Gasteiger partial charge in [0.1, 0.15) is 0 Å². The molecule has 0 bridgehead atoms. The molecule has 0 aromatic heterocycles. The molecule has 92 valence electrons. The standard InChI is InChI=1S/C14H20N2O/c1-12(17)16-10-8-14(9-11-16)15(2)13-6-4-3-5-7-13/h3-7,14H,8-11H2,1-2H3. The van der Waals surface area contributed by atoms with Crippen LogP contribution in [0.2, 0.25) is 0 Å². The smallest absolute Gasteiger partial charge is 0.219 e. The Bertz CT molecular complexity index is 369. The van der Waals surface area contributed by atoms with Crippen LogP contribution < -0.4 is 4.90 Å². The highest BCUT2D eigenvalue weighted by atomic mass is 16.2. The number of rotatable bonds is 2. The minimum absolute atomic E-state index is 0.200. The molecule has 1 aromatic rings. The number of hydrogen-bond donors (Lipinski definition) is 0. The summed E-state index contributed by atoms with van der Waals surface area (Å²) in [4.78, 5) is 15.5. The van der Waals surface area contributed by atoms with E-state index >= 15 is 0 Å². The number of carbonyl (C=O) groups is 1. The van der Waals surface area contributed by atoms with Crippen molar-refractivity contribution in [3.8, 4) is 0 Å². The third kappa shape index (κ3) is 2.78. The zero-order chi connectivity index (χ0) is 12.3. The Kier molecular flexibility index (Phi) is 3.67. The summed E-state index contributed by atoms with van der Waals surface area (Å²) >= 11 is 0. The molecular formula is C14H20N2O. The maximum atomic E-state index is 11.3. The van der Waals surface area contributed by atoms with Crippen LogP contribution in [-0.4, -0.2) is 37.0 Å². The maximum absolute atomic E-state index is 11.3. The van der Waals surface area contributed by atoms with Crippen LogP contribution in [0.15, 0.2) is 30.3 Å². The average molecular weight is 232 g/mol. The normalized spacial score (nSPS) is 16.9. The Morgan fingerprint density at radius 3 is 2.35 bits per heavy atom. The fraction of sp³-hybridized carbons (Fsp3) is 0.500. The highest BCUT2D eigenvalue weighted by Gasteiger charge is 2.23. The van der Waals surface area contributed by atoms with E-state index in [1.807, 2.05) is 11.0 Å². The van der Waals surface area contributed by atoms with Gasteiger partial charge in [-0.2, -0.15) is 0 Å². The van der Waals surface area contributed by atoms with Crippen LogP contribution >= 0.6 is 0 Å². The van der Waals surface area contributed by atoms with Gasteiger partial charge >= 0.3 is 0 Å². The summed E-state index contributed by atoms with van der Waals surface area (Å²) in [5.74, 6) is 0.200. The lowest BCUT2D eigenvalue weighted by Gasteiger charge is -2.37. The Hall–Kier alpha value is -1.51. The van der Waals surface area contributed by atoms with Crippen molar-refractivity contribution >= 4 is 11.6 Å². The van der Waals surface area contributed by atoms with Gasteiger partial charge < -0.3 is 9.80 Å². The summed E-state index contributed by atoms with van der Waals surface area (Å²) in [7, 11) is 2.14. The molecule has 1 aliphatic heterocycles. The fourth-order valence-corrected chi connectivity index (χ4v) is 2.44. The minimum Gasteiger partial charge on any atom is -0.371 e. The molecule has 3 heteroatoms. The lowest BCUT2D eigenvalue weighted by molar-refractivity contribution is -0.129. The second-order valence-electron chi connectivity index (χ2n) is 4.68. The number of amides is 1. The summed E-state index contributed by atoms with van der Waals surface area (Å²) in [5.41, 5.74) is 1.26. The van der Waals surface area contributed by atoms with Crippen LogP contribution in [0.1, 0.15) is 19.8 Å². The quantitative estimate of drug-likeness (QED) is 0.780. The van der Waals surface area contributed by atoms with Crippen LogP contribution in [0.4, 0.5) is 5.69 Å². The fourth-order valence-electron chi connectivity index (χ4n) is 2.44. The van der Waals surface area contributed by atoms with Crippen molar-refractivity contribution in [2.45, 2.75) is 25.8 Å². The molecule has 1 saturated heterocycles. The molecule has 3 nitrogen and oxygen atoms in total. The van der Waals surface area contributed by atoms with Crippen LogP contribution in [0.25, 0.3) is 0 Å². The zero-order valence-corrected chi connectivity index (χ0v) is 10.6. The third-order valence-corrected chi connectivity index (χ3v) is 3.62. The predicted molar refractivity (Wildman–Crippen MR) is 70.1 cm³/mol. The summed E-state index contributed by atoms with van der Waals surface area (Å²) in [6.07, 6.45) is 2.12. The molecule has 1 fully saturated rings. The van der Waals surface area contributed by atoms with Crippen molar-refractivity contribution in [2.75, 3.05) is 25.0 Å². The molecule has 17 heavy (non-hydrogen) atoms. The van der Waals surface area contributed by atoms with Crippen LogP contribution in [-0.2, 0) is 4.79 Å². The SMILES string of the molecule is CC(=O)N1CCC(N(C)c2ccccc2)CC1. The average Bonchev–Trinajstić information content (AvgIpc) is 2.39. The molecule has 2 rings (SSSR count). The van der Waals surface area contributed by atoms with E-state index in [1.54, 1.807) is 6.92 Å². The first kappa shape index (κ1) is 12.0. The maximum Gasteiger partial charge on any atom is 0.219 e. The first-order valence-electron chi connectivity index (χ1n) is 6.22. The largest absolute Gasteiger partial charge is 0.371 e. The Labute approximate surface area is 103 Å². The van der Waals surface area contributed by atoms with Crippen molar-refractivity contribution in [3.05, 3.63) is 30.3 Å². The second kappa shape index (κ2) is 5.21. The Morgan fingerprint density at radius 1 is 1.24 bits per heavy atom. The van der Waals surface area contributed by atoms with Crippen molar-refractivity contribution < 1.29 is 4.79 Å².